The first-order valence-corrected chi connectivity index (χ1v) is 8.37. The second-order valence-electron chi connectivity index (χ2n) is 5.53. The molecule has 0 aliphatic heterocycles. The highest BCUT2D eigenvalue weighted by Crippen LogP contribution is 2.18. The highest BCUT2D eigenvalue weighted by Gasteiger charge is 2.09. The van der Waals surface area contributed by atoms with Crippen molar-refractivity contribution < 1.29 is 14.8 Å². The Morgan fingerprint density at radius 2 is 1.40 bits per heavy atom. The van der Waals surface area contributed by atoms with Crippen molar-refractivity contribution in [3.05, 3.63) is 81.8 Å². The van der Waals surface area contributed by atoms with Gasteiger partial charge in [0.1, 0.15) is 0 Å². The lowest BCUT2D eigenvalue weighted by molar-refractivity contribution is 0.0706. The molecule has 0 bridgehead atoms. The van der Waals surface area contributed by atoms with Crippen LogP contribution in [-0.2, 0) is 6.54 Å². The van der Waals surface area contributed by atoms with Crippen LogP contribution in [0, 0.1) is 0 Å². The van der Waals surface area contributed by atoms with E-state index in [2.05, 4.69) is 21.2 Å². The van der Waals surface area contributed by atoms with E-state index in [1.54, 1.807) is 41.9 Å². The van der Waals surface area contributed by atoms with Crippen molar-refractivity contribution in [2.24, 2.45) is 0 Å². The molecule has 25 heavy (non-hydrogen) atoms. The van der Waals surface area contributed by atoms with E-state index in [0.717, 1.165) is 20.8 Å². The fourth-order valence-electron chi connectivity index (χ4n) is 2.48. The van der Waals surface area contributed by atoms with Gasteiger partial charge in [0.25, 0.3) is 11.8 Å². The lowest BCUT2D eigenvalue weighted by atomic mass is 10.0. The molecule has 0 heterocycles. The number of fused-ring (bicyclic) bond motifs is 1. The van der Waals surface area contributed by atoms with E-state index in [0.29, 0.717) is 17.7 Å². The number of nitrogens with one attached hydrogen (secondary N) is 2. The number of amides is 2. The smallest absolute Gasteiger partial charge is 0.274 e. The largest absolute Gasteiger partial charge is 0.348 e. The van der Waals surface area contributed by atoms with Crippen LogP contribution in [-0.4, -0.2) is 17.0 Å². The molecule has 3 aromatic carbocycles. The summed E-state index contributed by atoms with van der Waals surface area (Å²) in [5, 5.41) is 13.2. The lowest BCUT2D eigenvalue weighted by Crippen LogP contribution is -2.22. The number of benzene rings is 3. The third-order valence-electron chi connectivity index (χ3n) is 3.83. The summed E-state index contributed by atoms with van der Waals surface area (Å²) in [6.07, 6.45) is 0. The number of rotatable bonds is 4. The minimum atomic E-state index is -0.571. The first-order valence-electron chi connectivity index (χ1n) is 7.58. The van der Waals surface area contributed by atoms with Crippen molar-refractivity contribution in [1.82, 2.24) is 10.8 Å². The first kappa shape index (κ1) is 17.1. The second-order valence-corrected chi connectivity index (χ2v) is 6.44. The summed E-state index contributed by atoms with van der Waals surface area (Å²) < 4.78 is 0.992. The molecule has 0 aliphatic rings. The fourth-order valence-corrected chi connectivity index (χ4v) is 2.74. The second kappa shape index (κ2) is 7.46. The molecule has 0 aromatic heterocycles. The van der Waals surface area contributed by atoms with Crippen molar-refractivity contribution in [1.29, 1.82) is 0 Å². The number of halogens is 1. The number of hydrogen-bond acceptors (Lipinski definition) is 3. The molecule has 0 radical (unpaired) electrons. The van der Waals surface area contributed by atoms with E-state index in [-0.39, 0.29) is 5.91 Å². The van der Waals surface area contributed by atoms with Gasteiger partial charge in [0.2, 0.25) is 0 Å². The Morgan fingerprint density at radius 3 is 1.96 bits per heavy atom. The molecule has 126 valence electrons. The Bertz CT molecular complexity index is 939. The summed E-state index contributed by atoms with van der Waals surface area (Å²) in [4.78, 5) is 23.8. The van der Waals surface area contributed by atoms with Crippen LogP contribution in [0.15, 0.2) is 65.1 Å². The topological polar surface area (TPSA) is 78.4 Å². The highest BCUT2D eigenvalue weighted by molar-refractivity contribution is 9.10. The summed E-state index contributed by atoms with van der Waals surface area (Å²) in [7, 11) is 0. The van der Waals surface area contributed by atoms with Crippen LogP contribution in [0.5, 0.6) is 0 Å². The molecule has 0 unspecified atom stereocenters. The minimum Gasteiger partial charge on any atom is -0.348 e. The van der Waals surface area contributed by atoms with E-state index in [1.165, 1.54) is 0 Å². The maximum atomic E-state index is 12.3. The van der Waals surface area contributed by atoms with Gasteiger partial charge in [0.05, 0.1) is 0 Å². The van der Waals surface area contributed by atoms with E-state index < -0.39 is 5.91 Å². The zero-order valence-electron chi connectivity index (χ0n) is 13.1. The number of hydroxylamine groups is 1. The average Bonchev–Trinajstić information content (AvgIpc) is 2.65. The normalized spacial score (nSPS) is 10.5. The zero-order valence-corrected chi connectivity index (χ0v) is 14.7. The summed E-state index contributed by atoms with van der Waals surface area (Å²) >= 11 is 3.38. The highest BCUT2D eigenvalue weighted by atomic mass is 79.9. The Balaban J connectivity index is 1.75. The van der Waals surface area contributed by atoms with Crippen LogP contribution in [0.4, 0.5) is 0 Å². The Labute approximate surface area is 152 Å². The van der Waals surface area contributed by atoms with Crippen LogP contribution in [0.3, 0.4) is 0 Å². The lowest BCUT2D eigenvalue weighted by Gasteiger charge is -2.07. The van der Waals surface area contributed by atoms with Gasteiger partial charge in [-0.25, -0.2) is 5.48 Å². The van der Waals surface area contributed by atoms with Gasteiger partial charge in [0, 0.05) is 22.1 Å². The Kier molecular flexibility index (Phi) is 5.11. The van der Waals surface area contributed by atoms with Gasteiger partial charge in [-0.3, -0.25) is 14.8 Å². The molecular weight excluding hydrogens is 384 g/mol. The van der Waals surface area contributed by atoms with Crippen molar-refractivity contribution in [2.75, 3.05) is 0 Å². The standard InChI is InChI=1S/C19H15BrN2O3/c20-17-7-1-12(2-8-17)11-21-18(23)15-5-3-14-10-16(19(24)22-25)6-4-13(14)9-15/h1-10,25H,11H2,(H,21,23)(H,22,24). The molecule has 3 N–H and O–H groups in total. The Hall–Kier alpha value is -2.70. The van der Waals surface area contributed by atoms with Crippen molar-refractivity contribution in [2.45, 2.75) is 6.54 Å². The predicted molar refractivity (Wildman–Crippen MR) is 98.5 cm³/mol. The number of hydrogen-bond donors (Lipinski definition) is 3. The monoisotopic (exact) mass is 398 g/mol. The first-order chi connectivity index (χ1) is 12.1. The zero-order chi connectivity index (χ0) is 17.8. The average molecular weight is 399 g/mol. The molecule has 3 rings (SSSR count). The molecule has 0 aliphatic carbocycles. The van der Waals surface area contributed by atoms with Crippen molar-refractivity contribution >= 4 is 38.5 Å². The van der Waals surface area contributed by atoms with Gasteiger partial charge in [-0.05, 0) is 52.7 Å². The third kappa shape index (κ3) is 4.04. The molecule has 5 nitrogen and oxygen atoms in total. The van der Waals surface area contributed by atoms with E-state index in [9.17, 15) is 9.59 Å². The van der Waals surface area contributed by atoms with E-state index in [4.69, 9.17) is 5.21 Å². The van der Waals surface area contributed by atoms with Crippen LogP contribution in [0.25, 0.3) is 10.8 Å². The fraction of sp³-hybridized carbons (Fsp3) is 0.0526. The van der Waals surface area contributed by atoms with Crippen molar-refractivity contribution in [3.63, 3.8) is 0 Å². The molecule has 6 heteroatoms. The summed E-state index contributed by atoms with van der Waals surface area (Å²) in [5.74, 6) is -0.736. The molecule has 2 amide bonds. The van der Waals surface area contributed by atoms with Crippen LogP contribution in [0.2, 0.25) is 0 Å². The van der Waals surface area contributed by atoms with Gasteiger partial charge in [0.15, 0.2) is 0 Å². The van der Waals surface area contributed by atoms with E-state index in [1.807, 2.05) is 24.3 Å². The quantitative estimate of drug-likeness (QED) is 0.463. The summed E-state index contributed by atoms with van der Waals surface area (Å²) in [6.45, 7) is 0.444. The van der Waals surface area contributed by atoms with Crippen molar-refractivity contribution in [3.8, 4) is 0 Å². The van der Waals surface area contributed by atoms with Gasteiger partial charge in [-0.2, -0.15) is 0 Å². The van der Waals surface area contributed by atoms with Gasteiger partial charge < -0.3 is 5.32 Å². The summed E-state index contributed by atoms with van der Waals surface area (Å²) in [5.41, 5.74) is 3.51. The number of carbonyl (C=O) groups excluding carboxylic acids is 2. The predicted octanol–water partition coefficient (Wildman–Crippen LogP) is 3.65. The molecular formula is C19H15BrN2O3. The van der Waals surface area contributed by atoms with Gasteiger partial charge in [-0.15, -0.1) is 0 Å². The maximum Gasteiger partial charge on any atom is 0.274 e. The molecule has 0 atom stereocenters. The molecule has 0 spiro atoms. The van der Waals surface area contributed by atoms with Crippen LogP contribution < -0.4 is 10.8 Å². The van der Waals surface area contributed by atoms with E-state index >= 15 is 0 Å². The summed E-state index contributed by atoms with van der Waals surface area (Å²) in [6, 6.07) is 18.0. The SMILES string of the molecule is O=C(NO)c1ccc2cc(C(=O)NCc3ccc(Br)cc3)ccc2c1. The van der Waals surface area contributed by atoms with Gasteiger partial charge in [-0.1, -0.05) is 40.2 Å². The minimum absolute atomic E-state index is 0.165. The molecule has 0 saturated carbocycles. The number of carbonyl (C=O) groups is 2. The van der Waals surface area contributed by atoms with Gasteiger partial charge >= 0.3 is 0 Å². The molecule has 0 saturated heterocycles. The Morgan fingerprint density at radius 1 is 0.840 bits per heavy atom. The van der Waals surface area contributed by atoms with Crippen LogP contribution in [0.1, 0.15) is 26.3 Å². The molecule has 0 fully saturated rings. The molecule has 3 aromatic rings. The third-order valence-corrected chi connectivity index (χ3v) is 4.36. The maximum absolute atomic E-state index is 12.3. The van der Waals surface area contributed by atoms with Crippen LogP contribution >= 0.6 is 15.9 Å².